The highest BCUT2D eigenvalue weighted by Gasteiger charge is 2.31. The van der Waals surface area contributed by atoms with E-state index in [1.165, 1.54) is 0 Å². The third kappa shape index (κ3) is 4.00. The molecule has 1 saturated carbocycles. The van der Waals surface area contributed by atoms with Crippen LogP contribution >= 0.6 is 0 Å². The molecule has 3 N–H and O–H groups in total. The number of rotatable bonds is 7. The average Bonchev–Trinajstić information content (AvgIpc) is 3.31. The Labute approximate surface area is 141 Å². The molecule has 1 aliphatic carbocycles. The molecule has 3 rings (SSSR count). The molecular weight excluding hydrogens is 304 g/mol. The summed E-state index contributed by atoms with van der Waals surface area (Å²) in [4.78, 5) is 16.8. The number of amides is 1. The molecule has 1 aromatic heterocycles. The van der Waals surface area contributed by atoms with E-state index in [1.54, 1.807) is 0 Å². The van der Waals surface area contributed by atoms with Crippen LogP contribution in [0.5, 0.6) is 0 Å². The maximum Gasteiger partial charge on any atom is 0.249 e. The predicted molar refractivity (Wildman–Crippen MR) is 90.0 cm³/mol. The second kappa shape index (κ2) is 7.13. The number of benzene rings is 1. The van der Waals surface area contributed by atoms with Crippen molar-refractivity contribution in [2.45, 2.75) is 51.1 Å². The van der Waals surface area contributed by atoms with Gasteiger partial charge in [-0.2, -0.15) is 4.98 Å². The van der Waals surface area contributed by atoms with Crippen molar-refractivity contribution in [2.24, 2.45) is 11.7 Å². The third-order valence-corrected chi connectivity index (χ3v) is 4.28. The van der Waals surface area contributed by atoms with Crippen LogP contribution in [-0.2, 0) is 4.79 Å². The summed E-state index contributed by atoms with van der Waals surface area (Å²) in [5.41, 5.74) is 7.07. The van der Waals surface area contributed by atoms with Gasteiger partial charge in [0.05, 0.1) is 0 Å². The van der Waals surface area contributed by atoms with E-state index in [0.717, 1.165) is 24.2 Å². The molecule has 128 valence electrons. The van der Waals surface area contributed by atoms with Gasteiger partial charge in [-0.25, -0.2) is 0 Å². The van der Waals surface area contributed by atoms with Gasteiger partial charge in [0.25, 0.3) is 0 Å². The molecule has 1 amide bonds. The van der Waals surface area contributed by atoms with Crippen molar-refractivity contribution >= 4 is 5.91 Å². The standard InChI is InChI=1S/C18H24N4O2/c1-11(2)16(18-21-17(22-24-18)13-8-9-13)20-15(23)10-14(19)12-6-4-3-5-7-12/h3-7,11,13-14,16H,8-10,19H2,1-2H3,(H,20,23). The molecule has 1 heterocycles. The zero-order chi connectivity index (χ0) is 17.1. The lowest BCUT2D eigenvalue weighted by atomic mass is 10.0. The van der Waals surface area contributed by atoms with Gasteiger partial charge in [-0.1, -0.05) is 49.3 Å². The molecule has 1 fully saturated rings. The van der Waals surface area contributed by atoms with Crippen molar-refractivity contribution in [1.82, 2.24) is 15.5 Å². The van der Waals surface area contributed by atoms with Crippen LogP contribution in [0, 0.1) is 5.92 Å². The molecule has 0 saturated heterocycles. The Bertz CT molecular complexity index is 679. The maximum atomic E-state index is 12.4. The topological polar surface area (TPSA) is 94.0 Å². The minimum Gasteiger partial charge on any atom is -0.344 e. The SMILES string of the molecule is CC(C)C(NC(=O)CC(N)c1ccccc1)c1nc(C2CC2)no1. The fourth-order valence-electron chi connectivity index (χ4n) is 2.64. The van der Waals surface area contributed by atoms with E-state index < -0.39 is 0 Å². The van der Waals surface area contributed by atoms with E-state index >= 15 is 0 Å². The summed E-state index contributed by atoms with van der Waals surface area (Å²) < 4.78 is 5.37. The quantitative estimate of drug-likeness (QED) is 0.815. The summed E-state index contributed by atoms with van der Waals surface area (Å²) in [6.07, 6.45) is 2.45. The van der Waals surface area contributed by atoms with Gasteiger partial charge in [0, 0.05) is 18.4 Å². The van der Waals surface area contributed by atoms with Crippen molar-refractivity contribution in [1.29, 1.82) is 0 Å². The molecule has 0 spiro atoms. The molecule has 24 heavy (non-hydrogen) atoms. The normalized spacial score (nSPS) is 16.8. The maximum absolute atomic E-state index is 12.4. The second-order valence-corrected chi connectivity index (χ2v) is 6.78. The van der Waals surface area contributed by atoms with E-state index in [-0.39, 0.29) is 30.3 Å². The van der Waals surface area contributed by atoms with E-state index in [1.807, 2.05) is 44.2 Å². The molecule has 2 aromatic rings. The Kier molecular flexibility index (Phi) is 4.94. The number of nitrogens with zero attached hydrogens (tertiary/aromatic N) is 2. The van der Waals surface area contributed by atoms with Crippen LogP contribution in [0.2, 0.25) is 0 Å². The third-order valence-electron chi connectivity index (χ3n) is 4.28. The van der Waals surface area contributed by atoms with Crippen molar-refractivity contribution in [3.63, 3.8) is 0 Å². The monoisotopic (exact) mass is 328 g/mol. The van der Waals surface area contributed by atoms with Gasteiger partial charge in [0.1, 0.15) is 6.04 Å². The van der Waals surface area contributed by atoms with Gasteiger partial charge in [-0.15, -0.1) is 0 Å². The molecule has 1 aromatic carbocycles. The summed E-state index contributed by atoms with van der Waals surface area (Å²) >= 11 is 0. The number of carbonyl (C=O) groups is 1. The lowest BCUT2D eigenvalue weighted by Gasteiger charge is -2.20. The second-order valence-electron chi connectivity index (χ2n) is 6.78. The Hall–Kier alpha value is -2.21. The molecule has 0 radical (unpaired) electrons. The minimum absolute atomic E-state index is 0.115. The largest absolute Gasteiger partial charge is 0.344 e. The van der Waals surface area contributed by atoms with Gasteiger partial charge in [0.15, 0.2) is 5.82 Å². The first-order valence-electron chi connectivity index (χ1n) is 8.48. The molecule has 6 heteroatoms. The first-order chi connectivity index (χ1) is 11.5. The van der Waals surface area contributed by atoms with E-state index in [9.17, 15) is 4.79 Å². The predicted octanol–water partition coefficient (Wildman–Crippen LogP) is 2.85. The highest BCUT2D eigenvalue weighted by molar-refractivity contribution is 5.77. The van der Waals surface area contributed by atoms with Crippen LogP contribution < -0.4 is 11.1 Å². The van der Waals surface area contributed by atoms with E-state index in [0.29, 0.717) is 11.8 Å². The number of aromatic nitrogens is 2. The average molecular weight is 328 g/mol. The van der Waals surface area contributed by atoms with Gasteiger partial charge < -0.3 is 15.6 Å². The summed E-state index contributed by atoms with van der Waals surface area (Å²) in [7, 11) is 0. The molecule has 2 atom stereocenters. The summed E-state index contributed by atoms with van der Waals surface area (Å²) in [6.45, 7) is 4.03. The van der Waals surface area contributed by atoms with Gasteiger partial charge in [0.2, 0.25) is 11.8 Å². The Morgan fingerprint density at radius 1 is 1.33 bits per heavy atom. The zero-order valence-corrected chi connectivity index (χ0v) is 14.1. The molecule has 0 bridgehead atoms. The van der Waals surface area contributed by atoms with Crippen LogP contribution in [0.3, 0.4) is 0 Å². The fourth-order valence-corrected chi connectivity index (χ4v) is 2.64. The van der Waals surface area contributed by atoms with E-state index in [4.69, 9.17) is 10.3 Å². The smallest absolute Gasteiger partial charge is 0.249 e. The van der Waals surface area contributed by atoms with Crippen molar-refractivity contribution < 1.29 is 9.32 Å². The van der Waals surface area contributed by atoms with Crippen molar-refractivity contribution in [3.05, 3.63) is 47.6 Å². The summed E-state index contributed by atoms with van der Waals surface area (Å²) in [6, 6.07) is 9.00. The highest BCUT2D eigenvalue weighted by Crippen LogP contribution is 2.38. The Morgan fingerprint density at radius 2 is 2.04 bits per heavy atom. The number of hydrogen-bond acceptors (Lipinski definition) is 5. The van der Waals surface area contributed by atoms with Crippen LogP contribution in [0.15, 0.2) is 34.9 Å². The number of nitrogens with one attached hydrogen (secondary N) is 1. The van der Waals surface area contributed by atoms with Crippen LogP contribution in [-0.4, -0.2) is 16.0 Å². The Balaban J connectivity index is 1.63. The Morgan fingerprint density at radius 3 is 2.67 bits per heavy atom. The zero-order valence-electron chi connectivity index (χ0n) is 14.1. The summed E-state index contributed by atoms with van der Waals surface area (Å²) in [5, 5.41) is 7.03. The lowest BCUT2D eigenvalue weighted by molar-refractivity contribution is -0.122. The molecule has 2 unspecified atom stereocenters. The fraction of sp³-hybridized carbons (Fsp3) is 0.500. The molecule has 0 aliphatic heterocycles. The number of carbonyl (C=O) groups excluding carboxylic acids is 1. The lowest BCUT2D eigenvalue weighted by Crippen LogP contribution is -2.34. The number of nitrogens with two attached hydrogens (primary N) is 1. The molecule has 6 nitrogen and oxygen atoms in total. The van der Waals surface area contributed by atoms with Crippen LogP contribution in [0.25, 0.3) is 0 Å². The minimum atomic E-state index is -0.330. The van der Waals surface area contributed by atoms with Crippen molar-refractivity contribution in [2.75, 3.05) is 0 Å². The van der Waals surface area contributed by atoms with Gasteiger partial charge in [-0.3, -0.25) is 4.79 Å². The van der Waals surface area contributed by atoms with Crippen molar-refractivity contribution in [3.8, 4) is 0 Å². The highest BCUT2D eigenvalue weighted by atomic mass is 16.5. The summed E-state index contributed by atoms with van der Waals surface area (Å²) in [5.74, 6) is 1.70. The van der Waals surface area contributed by atoms with E-state index in [2.05, 4.69) is 15.5 Å². The first kappa shape index (κ1) is 16.6. The number of hydrogen-bond donors (Lipinski definition) is 2. The van der Waals surface area contributed by atoms with Gasteiger partial charge in [-0.05, 0) is 24.3 Å². The van der Waals surface area contributed by atoms with Crippen LogP contribution in [0.1, 0.15) is 68.4 Å². The first-order valence-corrected chi connectivity index (χ1v) is 8.48. The van der Waals surface area contributed by atoms with Crippen LogP contribution in [0.4, 0.5) is 0 Å². The van der Waals surface area contributed by atoms with Gasteiger partial charge >= 0.3 is 0 Å². The molecular formula is C18H24N4O2. The molecule has 1 aliphatic rings.